The summed E-state index contributed by atoms with van der Waals surface area (Å²) in [4.78, 5) is 48.8. The van der Waals surface area contributed by atoms with Gasteiger partial charge in [-0.05, 0) is 69.3 Å². The predicted octanol–water partition coefficient (Wildman–Crippen LogP) is 5.74. The Kier molecular flexibility index (Phi) is 8.32. The summed E-state index contributed by atoms with van der Waals surface area (Å²) in [7, 11) is 1.78. The number of carboxylic acid groups (broad SMARTS) is 2. The number of furan rings is 1. The van der Waals surface area contributed by atoms with E-state index >= 15 is 0 Å². The zero-order valence-electron chi connectivity index (χ0n) is 23.2. The van der Waals surface area contributed by atoms with Crippen LogP contribution in [0.25, 0.3) is 11.1 Å². The molecule has 0 radical (unpaired) electrons. The monoisotopic (exact) mass is 572 g/mol. The minimum atomic E-state index is -1.55. The number of amides is 1. The van der Waals surface area contributed by atoms with E-state index in [0.717, 1.165) is 30.3 Å². The van der Waals surface area contributed by atoms with E-state index in [0.29, 0.717) is 22.6 Å². The average Bonchev–Trinajstić information content (AvgIpc) is 3.47. The summed E-state index contributed by atoms with van der Waals surface area (Å²) in [6.45, 7) is 4.70. The third kappa shape index (κ3) is 5.66. The molecule has 5 N–H and O–H groups in total. The number of nitrogens with one attached hydrogen (secondary N) is 2. The number of carboxylic acids is 2. The number of phenolic OH excluding ortho intramolecular Hbond substituents is 1. The van der Waals surface area contributed by atoms with E-state index in [2.05, 4.69) is 10.6 Å². The van der Waals surface area contributed by atoms with Crippen LogP contribution in [0.2, 0.25) is 0 Å². The molecule has 0 bridgehead atoms. The van der Waals surface area contributed by atoms with Crippen LogP contribution in [-0.4, -0.2) is 46.0 Å². The maximum absolute atomic E-state index is 13.2. The molecular formula is C31H28N2O9. The van der Waals surface area contributed by atoms with Crippen LogP contribution in [0, 0.1) is 13.8 Å². The molecule has 11 heteroatoms. The summed E-state index contributed by atoms with van der Waals surface area (Å²) >= 11 is 0. The molecule has 0 aliphatic heterocycles. The van der Waals surface area contributed by atoms with Gasteiger partial charge >= 0.3 is 11.9 Å². The standard InChI is InChI=1S/C31H28N2O9/c1-15-26(33-29(36)22-12-21(17(3)34)23(30(37)38)13-24(22)31(39)40)10-7-19(27(15)35)20-8-9-25(32-4)16(2)28(20)42-14-18-6-5-11-41-18/h5-13,32,35H,14H2,1-4H3,(H,33,36)(H,37,38)(H,39,40). The molecule has 42 heavy (non-hydrogen) atoms. The van der Waals surface area contributed by atoms with Gasteiger partial charge in [0.15, 0.2) is 5.78 Å². The van der Waals surface area contributed by atoms with E-state index in [1.54, 1.807) is 44.5 Å². The average molecular weight is 573 g/mol. The summed E-state index contributed by atoms with van der Waals surface area (Å²) in [6.07, 6.45) is 1.54. The van der Waals surface area contributed by atoms with E-state index < -0.39 is 40.3 Å². The Bertz CT molecular complexity index is 1720. The third-order valence-electron chi connectivity index (χ3n) is 6.83. The van der Waals surface area contributed by atoms with Crippen molar-refractivity contribution >= 4 is 35.0 Å². The number of benzene rings is 3. The van der Waals surface area contributed by atoms with Crippen LogP contribution in [0.3, 0.4) is 0 Å². The summed E-state index contributed by atoms with van der Waals surface area (Å²) in [5.74, 6) is -3.65. The molecule has 0 unspecified atom stereocenters. The number of aromatic carboxylic acids is 2. The molecule has 0 saturated carbocycles. The third-order valence-corrected chi connectivity index (χ3v) is 6.83. The molecule has 4 aromatic rings. The number of aromatic hydroxyl groups is 1. The first kappa shape index (κ1) is 29.4. The quantitative estimate of drug-likeness (QED) is 0.147. The van der Waals surface area contributed by atoms with E-state index in [-0.39, 0.29) is 29.2 Å². The van der Waals surface area contributed by atoms with Crippen molar-refractivity contribution in [3.05, 3.63) is 93.9 Å². The Hall–Kier alpha value is -5.58. The van der Waals surface area contributed by atoms with Gasteiger partial charge in [0.1, 0.15) is 23.9 Å². The molecule has 1 aromatic heterocycles. The Labute approximate surface area is 240 Å². The fourth-order valence-electron chi connectivity index (χ4n) is 4.57. The fraction of sp³-hybridized carbons (Fsp3) is 0.161. The number of hydrogen-bond acceptors (Lipinski definition) is 8. The molecule has 11 nitrogen and oxygen atoms in total. The van der Waals surface area contributed by atoms with Crippen molar-refractivity contribution in [3.63, 3.8) is 0 Å². The van der Waals surface area contributed by atoms with Gasteiger partial charge in [-0.15, -0.1) is 0 Å². The first-order valence-electron chi connectivity index (χ1n) is 12.7. The Balaban J connectivity index is 1.73. The van der Waals surface area contributed by atoms with Crippen molar-refractivity contribution in [3.8, 4) is 22.6 Å². The lowest BCUT2D eigenvalue weighted by molar-refractivity contribution is 0.0690. The second-order valence-corrected chi connectivity index (χ2v) is 9.43. The first-order chi connectivity index (χ1) is 19.9. The smallest absolute Gasteiger partial charge is 0.336 e. The number of hydrogen-bond donors (Lipinski definition) is 5. The highest BCUT2D eigenvalue weighted by atomic mass is 16.5. The maximum atomic E-state index is 13.2. The number of anilines is 2. The number of carbonyl (C=O) groups excluding carboxylic acids is 2. The molecule has 0 aliphatic carbocycles. The molecule has 0 atom stereocenters. The van der Waals surface area contributed by atoms with Crippen LogP contribution in [-0.2, 0) is 6.61 Å². The number of phenols is 1. The van der Waals surface area contributed by atoms with Crippen LogP contribution < -0.4 is 15.4 Å². The molecule has 3 aromatic carbocycles. The fourth-order valence-corrected chi connectivity index (χ4v) is 4.57. The number of carbonyl (C=O) groups is 4. The van der Waals surface area contributed by atoms with Crippen LogP contribution in [0.1, 0.15) is 65.2 Å². The van der Waals surface area contributed by atoms with Gasteiger partial charge in [-0.1, -0.05) is 0 Å². The molecule has 0 spiro atoms. The molecular weight excluding hydrogens is 544 g/mol. The topological polar surface area (TPSA) is 175 Å². The molecule has 216 valence electrons. The van der Waals surface area contributed by atoms with E-state index in [1.165, 1.54) is 6.07 Å². The molecule has 0 fully saturated rings. The predicted molar refractivity (Wildman–Crippen MR) is 154 cm³/mol. The minimum absolute atomic E-state index is 0.150. The van der Waals surface area contributed by atoms with E-state index in [9.17, 15) is 34.5 Å². The molecule has 0 saturated heterocycles. The highest BCUT2D eigenvalue weighted by Crippen LogP contribution is 2.43. The molecule has 0 aliphatic rings. The number of rotatable bonds is 10. The Morgan fingerprint density at radius 3 is 2.05 bits per heavy atom. The van der Waals surface area contributed by atoms with Crippen molar-refractivity contribution in [2.24, 2.45) is 0 Å². The lowest BCUT2D eigenvalue weighted by Gasteiger charge is -2.19. The molecule has 4 rings (SSSR count). The van der Waals surface area contributed by atoms with Gasteiger partial charge < -0.3 is 35.1 Å². The van der Waals surface area contributed by atoms with Gasteiger partial charge in [0, 0.05) is 46.2 Å². The summed E-state index contributed by atoms with van der Waals surface area (Å²) < 4.78 is 11.5. The lowest BCUT2D eigenvalue weighted by atomic mass is 9.95. The lowest BCUT2D eigenvalue weighted by Crippen LogP contribution is -2.20. The number of ether oxygens (including phenoxy) is 1. The summed E-state index contributed by atoms with van der Waals surface area (Å²) in [6, 6.07) is 12.0. The highest BCUT2D eigenvalue weighted by Gasteiger charge is 2.25. The second kappa shape index (κ2) is 11.9. The van der Waals surface area contributed by atoms with Gasteiger partial charge in [0.25, 0.3) is 5.91 Å². The summed E-state index contributed by atoms with van der Waals surface area (Å²) in [5.41, 5.74) is 1.23. The van der Waals surface area contributed by atoms with Crippen LogP contribution in [0.15, 0.2) is 59.2 Å². The van der Waals surface area contributed by atoms with Crippen molar-refractivity contribution in [1.82, 2.24) is 0 Å². The van der Waals surface area contributed by atoms with Crippen molar-refractivity contribution in [1.29, 1.82) is 0 Å². The van der Waals surface area contributed by atoms with Gasteiger partial charge in [-0.2, -0.15) is 0 Å². The normalized spacial score (nSPS) is 10.7. The van der Waals surface area contributed by atoms with Crippen LogP contribution in [0.4, 0.5) is 11.4 Å². The molecule has 1 heterocycles. The van der Waals surface area contributed by atoms with E-state index in [4.69, 9.17) is 9.15 Å². The first-order valence-corrected chi connectivity index (χ1v) is 12.7. The van der Waals surface area contributed by atoms with Crippen LogP contribution in [0.5, 0.6) is 11.5 Å². The van der Waals surface area contributed by atoms with Gasteiger partial charge in [0.2, 0.25) is 0 Å². The van der Waals surface area contributed by atoms with Gasteiger partial charge in [0.05, 0.1) is 23.0 Å². The highest BCUT2D eigenvalue weighted by molar-refractivity contribution is 6.15. The number of ketones is 1. The zero-order valence-corrected chi connectivity index (χ0v) is 23.2. The summed E-state index contributed by atoms with van der Waals surface area (Å²) in [5, 5.41) is 36.0. The van der Waals surface area contributed by atoms with Gasteiger partial charge in [-0.25, -0.2) is 9.59 Å². The van der Waals surface area contributed by atoms with Crippen molar-refractivity contribution < 1.29 is 43.7 Å². The second-order valence-electron chi connectivity index (χ2n) is 9.43. The van der Waals surface area contributed by atoms with Crippen LogP contribution >= 0.6 is 0 Å². The minimum Gasteiger partial charge on any atom is -0.507 e. The molecule has 1 amide bonds. The largest absolute Gasteiger partial charge is 0.507 e. The van der Waals surface area contributed by atoms with E-state index in [1.807, 2.05) is 13.0 Å². The Morgan fingerprint density at radius 2 is 1.45 bits per heavy atom. The zero-order chi connectivity index (χ0) is 30.7. The van der Waals surface area contributed by atoms with Crippen molar-refractivity contribution in [2.45, 2.75) is 27.4 Å². The van der Waals surface area contributed by atoms with Gasteiger partial charge in [-0.3, -0.25) is 9.59 Å². The van der Waals surface area contributed by atoms with Crippen molar-refractivity contribution in [2.75, 3.05) is 17.7 Å². The maximum Gasteiger partial charge on any atom is 0.336 e. The Morgan fingerprint density at radius 1 is 0.833 bits per heavy atom. The number of Topliss-reactive ketones (excluding diaryl/α,β-unsaturated/α-hetero) is 1. The SMILES string of the molecule is CNc1ccc(-c2ccc(NC(=O)c3cc(C(C)=O)c(C(=O)O)cc3C(=O)O)c(C)c2O)c(OCc2ccco2)c1C.